The summed E-state index contributed by atoms with van der Waals surface area (Å²) in [6, 6.07) is 4.82. The fourth-order valence-electron chi connectivity index (χ4n) is 1.64. The van der Waals surface area contributed by atoms with Gasteiger partial charge in [0.1, 0.15) is 5.82 Å². The summed E-state index contributed by atoms with van der Waals surface area (Å²) in [6.45, 7) is 3.50. The van der Waals surface area contributed by atoms with Crippen molar-refractivity contribution in [1.82, 2.24) is 5.32 Å². The van der Waals surface area contributed by atoms with Crippen LogP contribution in [0, 0.1) is 5.82 Å². The van der Waals surface area contributed by atoms with Crippen molar-refractivity contribution in [2.24, 2.45) is 0 Å². The van der Waals surface area contributed by atoms with Gasteiger partial charge in [-0.3, -0.25) is 0 Å². The van der Waals surface area contributed by atoms with Gasteiger partial charge in [-0.05, 0) is 18.2 Å². The molecular formula is C10H13Cl2FN2. The van der Waals surface area contributed by atoms with Gasteiger partial charge < -0.3 is 10.2 Å². The standard InChI is InChI=1S/C10H12ClFN2.ClH/c11-8-1-2-10(9(12)7-8)14-5-3-13-4-6-14;/h1-2,7,13H,3-6H2;1H. The average molecular weight is 251 g/mol. The minimum atomic E-state index is -0.237. The molecule has 0 aliphatic carbocycles. The second-order valence-corrected chi connectivity index (χ2v) is 3.77. The number of nitrogens with one attached hydrogen (secondary N) is 1. The van der Waals surface area contributed by atoms with Crippen LogP contribution in [0.25, 0.3) is 0 Å². The third kappa shape index (κ3) is 2.97. The Morgan fingerprint density at radius 3 is 2.53 bits per heavy atom. The number of hydrogen-bond acceptors (Lipinski definition) is 2. The molecule has 15 heavy (non-hydrogen) atoms. The minimum Gasteiger partial charge on any atom is -0.367 e. The van der Waals surface area contributed by atoms with E-state index in [1.165, 1.54) is 6.07 Å². The second kappa shape index (κ2) is 5.54. The van der Waals surface area contributed by atoms with Crippen molar-refractivity contribution in [2.75, 3.05) is 31.1 Å². The molecule has 1 fully saturated rings. The molecule has 1 N–H and O–H groups in total. The van der Waals surface area contributed by atoms with Crippen molar-refractivity contribution in [2.45, 2.75) is 0 Å². The maximum Gasteiger partial charge on any atom is 0.147 e. The van der Waals surface area contributed by atoms with Crippen LogP contribution in [0.5, 0.6) is 0 Å². The molecule has 1 aliphatic heterocycles. The van der Waals surface area contributed by atoms with Gasteiger partial charge in [-0.25, -0.2) is 4.39 Å². The SMILES string of the molecule is Cl.Fc1cc(Cl)ccc1N1CCNCC1. The summed E-state index contributed by atoms with van der Waals surface area (Å²) >= 11 is 5.69. The highest BCUT2D eigenvalue weighted by molar-refractivity contribution is 6.30. The van der Waals surface area contributed by atoms with Crippen LogP contribution in [0.4, 0.5) is 10.1 Å². The minimum absolute atomic E-state index is 0. The molecule has 84 valence electrons. The van der Waals surface area contributed by atoms with Gasteiger partial charge in [-0.1, -0.05) is 11.6 Å². The molecule has 1 saturated heterocycles. The van der Waals surface area contributed by atoms with Gasteiger partial charge in [0.25, 0.3) is 0 Å². The molecular weight excluding hydrogens is 238 g/mol. The molecule has 1 aromatic carbocycles. The number of halogens is 3. The first-order valence-corrected chi connectivity index (χ1v) is 5.06. The van der Waals surface area contributed by atoms with Crippen LogP contribution in [0.15, 0.2) is 18.2 Å². The summed E-state index contributed by atoms with van der Waals surface area (Å²) in [6.07, 6.45) is 0. The highest BCUT2D eigenvalue weighted by Crippen LogP contribution is 2.22. The molecule has 0 amide bonds. The van der Waals surface area contributed by atoms with E-state index in [1.54, 1.807) is 12.1 Å². The van der Waals surface area contributed by atoms with E-state index in [1.807, 2.05) is 4.90 Å². The largest absolute Gasteiger partial charge is 0.367 e. The summed E-state index contributed by atoms with van der Waals surface area (Å²) in [5, 5.41) is 3.67. The lowest BCUT2D eigenvalue weighted by Gasteiger charge is -2.29. The van der Waals surface area contributed by atoms with E-state index in [0.717, 1.165) is 26.2 Å². The lowest BCUT2D eigenvalue weighted by atomic mass is 10.2. The smallest absolute Gasteiger partial charge is 0.147 e. The molecule has 1 heterocycles. The molecule has 0 aromatic heterocycles. The molecule has 0 spiro atoms. The van der Waals surface area contributed by atoms with Gasteiger partial charge >= 0.3 is 0 Å². The van der Waals surface area contributed by atoms with Crippen LogP contribution >= 0.6 is 24.0 Å². The molecule has 0 unspecified atom stereocenters. The Balaban J connectivity index is 0.00000112. The normalized spacial score (nSPS) is 16.0. The maximum atomic E-state index is 13.5. The summed E-state index contributed by atoms with van der Waals surface area (Å²) in [5.41, 5.74) is 0.649. The van der Waals surface area contributed by atoms with Crippen molar-refractivity contribution >= 4 is 29.7 Å². The fourth-order valence-corrected chi connectivity index (χ4v) is 1.80. The Labute approximate surface area is 99.8 Å². The quantitative estimate of drug-likeness (QED) is 0.823. The lowest BCUT2D eigenvalue weighted by molar-refractivity contribution is 0.566. The molecule has 2 nitrogen and oxygen atoms in total. The third-order valence-corrected chi connectivity index (χ3v) is 2.60. The Morgan fingerprint density at radius 2 is 1.93 bits per heavy atom. The van der Waals surface area contributed by atoms with E-state index in [9.17, 15) is 4.39 Å². The molecule has 1 aromatic rings. The number of anilines is 1. The van der Waals surface area contributed by atoms with Crippen LogP contribution in [-0.2, 0) is 0 Å². The average Bonchev–Trinajstić information content (AvgIpc) is 2.19. The van der Waals surface area contributed by atoms with E-state index in [0.29, 0.717) is 10.7 Å². The monoisotopic (exact) mass is 250 g/mol. The zero-order valence-corrected chi connectivity index (χ0v) is 9.74. The van der Waals surface area contributed by atoms with Crippen molar-refractivity contribution in [3.05, 3.63) is 29.0 Å². The molecule has 0 bridgehead atoms. The predicted octanol–water partition coefficient (Wildman–Crippen LogP) is 2.31. The van der Waals surface area contributed by atoms with Gasteiger partial charge in [0, 0.05) is 31.2 Å². The van der Waals surface area contributed by atoms with Gasteiger partial charge in [-0.2, -0.15) is 0 Å². The summed E-state index contributed by atoms with van der Waals surface area (Å²) in [7, 11) is 0. The third-order valence-electron chi connectivity index (χ3n) is 2.37. The van der Waals surface area contributed by atoms with Gasteiger partial charge in [0.05, 0.1) is 5.69 Å². The topological polar surface area (TPSA) is 15.3 Å². The van der Waals surface area contributed by atoms with Crippen LogP contribution in [0.1, 0.15) is 0 Å². The van der Waals surface area contributed by atoms with Crippen LogP contribution in [0.3, 0.4) is 0 Å². The lowest BCUT2D eigenvalue weighted by Crippen LogP contribution is -2.43. The van der Waals surface area contributed by atoms with E-state index < -0.39 is 0 Å². The van der Waals surface area contributed by atoms with Crippen molar-refractivity contribution < 1.29 is 4.39 Å². The van der Waals surface area contributed by atoms with Crippen LogP contribution in [-0.4, -0.2) is 26.2 Å². The summed E-state index contributed by atoms with van der Waals surface area (Å²) < 4.78 is 13.5. The van der Waals surface area contributed by atoms with Crippen molar-refractivity contribution in [1.29, 1.82) is 0 Å². The Hall–Kier alpha value is -0.510. The van der Waals surface area contributed by atoms with E-state index in [2.05, 4.69) is 5.32 Å². The van der Waals surface area contributed by atoms with E-state index in [-0.39, 0.29) is 18.2 Å². The Kier molecular flexibility index (Phi) is 4.64. The molecule has 0 radical (unpaired) electrons. The van der Waals surface area contributed by atoms with Gasteiger partial charge in [-0.15, -0.1) is 12.4 Å². The van der Waals surface area contributed by atoms with Crippen molar-refractivity contribution in [3.63, 3.8) is 0 Å². The Bertz CT molecular complexity index is 327. The molecule has 1 aliphatic rings. The zero-order valence-electron chi connectivity index (χ0n) is 8.17. The summed E-state index contributed by atoms with van der Waals surface area (Å²) in [4.78, 5) is 2.03. The van der Waals surface area contributed by atoms with Crippen molar-refractivity contribution in [3.8, 4) is 0 Å². The highest BCUT2D eigenvalue weighted by atomic mass is 35.5. The fraction of sp³-hybridized carbons (Fsp3) is 0.400. The maximum absolute atomic E-state index is 13.5. The molecule has 0 atom stereocenters. The first kappa shape index (κ1) is 12.6. The van der Waals surface area contributed by atoms with E-state index in [4.69, 9.17) is 11.6 Å². The first-order chi connectivity index (χ1) is 6.77. The molecule has 5 heteroatoms. The zero-order chi connectivity index (χ0) is 9.97. The van der Waals surface area contributed by atoms with Gasteiger partial charge in [0.2, 0.25) is 0 Å². The number of rotatable bonds is 1. The van der Waals surface area contributed by atoms with Crippen LogP contribution in [0.2, 0.25) is 5.02 Å². The second-order valence-electron chi connectivity index (χ2n) is 3.33. The molecule has 0 saturated carbocycles. The first-order valence-electron chi connectivity index (χ1n) is 4.68. The Morgan fingerprint density at radius 1 is 1.27 bits per heavy atom. The predicted molar refractivity (Wildman–Crippen MR) is 63.7 cm³/mol. The number of benzene rings is 1. The number of hydrogen-bond donors (Lipinski definition) is 1. The summed E-state index contributed by atoms with van der Waals surface area (Å²) in [5.74, 6) is -0.237. The highest BCUT2D eigenvalue weighted by Gasteiger charge is 2.13. The molecule has 2 rings (SSSR count). The van der Waals surface area contributed by atoms with Crippen LogP contribution < -0.4 is 10.2 Å². The van der Waals surface area contributed by atoms with E-state index >= 15 is 0 Å². The number of piperazine rings is 1. The number of nitrogens with zero attached hydrogens (tertiary/aromatic N) is 1. The van der Waals surface area contributed by atoms with Gasteiger partial charge in [0.15, 0.2) is 0 Å².